The minimum Gasteiger partial charge on any atom is -0.504 e. The molecule has 0 amide bonds. The van der Waals surface area contributed by atoms with Crippen molar-refractivity contribution in [2.75, 3.05) is 7.11 Å². The number of phenols is 1. The zero-order valence-electron chi connectivity index (χ0n) is 12.3. The van der Waals surface area contributed by atoms with E-state index >= 15 is 0 Å². The van der Waals surface area contributed by atoms with Gasteiger partial charge in [-0.15, -0.1) is 0 Å². The molecular weight excluding hydrogens is 465 g/mol. The summed E-state index contributed by atoms with van der Waals surface area (Å²) in [6.07, 6.45) is 1.23. The Morgan fingerprint density at radius 2 is 1.96 bits per heavy atom. The van der Waals surface area contributed by atoms with Crippen LogP contribution in [0.25, 0.3) is 6.08 Å². The molecule has 124 valence electrons. The van der Waals surface area contributed by atoms with Gasteiger partial charge in [0.2, 0.25) is 9.84 Å². The van der Waals surface area contributed by atoms with Gasteiger partial charge in [0.15, 0.2) is 11.5 Å². The van der Waals surface area contributed by atoms with Crippen LogP contribution in [-0.2, 0) is 9.84 Å². The smallest absolute Gasteiger partial charge is 0.216 e. The molecular formula is C16H11ClINO4S. The highest BCUT2D eigenvalue weighted by Crippen LogP contribution is 2.33. The second-order valence-electron chi connectivity index (χ2n) is 4.63. The predicted molar refractivity (Wildman–Crippen MR) is 99.6 cm³/mol. The molecule has 0 saturated heterocycles. The van der Waals surface area contributed by atoms with Crippen LogP contribution < -0.4 is 4.74 Å². The maximum Gasteiger partial charge on any atom is 0.216 e. The third-order valence-electron chi connectivity index (χ3n) is 3.09. The SMILES string of the molecule is COc1cc(/C=C(/C#N)S(=O)(=O)c2ccc(Cl)cc2)cc(I)c1O. The van der Waals surface area contributed by atoms with Gasteiger partial charge in [0.1, 0.15) is 11.0 Å². The van der Waals surface area contributed by atoms with E-state index in [1.165, 1.54) is 43.5 Å². The zero-order chi connectivity index (χ0) is 17.9. The number of sulfone groups is 1. The molecule has 0 spiro atoms. The third kappa shape index (κ3) is 3.83. The van der Waals surface area contributed by atoms with Gasteiger partial charge in [-0.2, -0.15) is 5.26 Å². The molecule has 2 aromatic carbocycles. The number of allylic oxidation sites excluding steroid dienone is 1. The molecule has 0 fully saturated rings. The highest BCUT2D eigenvalue weighted by atomic mass is 127. The fourth-order valence-corrected chi connectivity index (χ4v) is 3.81. The van der Waals surface area contributed by atoms with E-state index in [9.17, 15) is 18.8 Å². The first-order chi connectivity index (χ1) is 11.3. The lowest BCUT2D eigenvalue weighted by molar-refractivity contribution is 0.371. The van der Waals surface area contributed by atoms with E-state index in [0.29, 0.717) is 14.2 Å². The summed E-state index contributed by atoms with van der Waals surface area (Å²) in [5.74, 6) is 0.142. The molecule has 24 heavy (non-hydrogen) atoms. The monoisotopic (exact) mass is 475 g/mol. The molecule has 0 aromatic heterocycles. The van der Waals surface area contributed by atoms with Gasteiger partial charge in [0, 0.05) is 5.02 Å². The van der Waals surface area contributed by atoms with Gasteiger partial charge in [-0.25, -0.2) is 8.42 Å². The molecule has 0 heterocycles. The summed E-state index contributed by atoms with van der Waals surface area (Å²) >= 11 is 7.65. The molecule has 2 rings (SSSR count). The molecule has 2 aromatic rings. The molecule has 0 radical (unpaired) electrons. The maximum atomic E-state index is 12.6. The van der Waals surface area contributed by atoms with Crippen molar-refractivity contribution < 1.29 is 18.3 Å². The first-order valence-corrected chi connectivity index (χ1v) is 9.42. The van der Waals surface area contributed by atoms with Crippen molar-refractivity contribution in [3.05, 3.63) is 55.5 Å². The van der Waals surface area contributed by atoms with E-state index in [0.717, 1.165) is 0 Å². The summed E-state index contributed by atoms with van der Waals surface area (Å²) in [4.78, 5) is -0.450. The summed E-state index contributed by atoms with van der Waals surface area (Å²) in [5, 5.41) is 19.5. The van der Waals surface area contributed by atoms with E-state index in [2.05, 4.69) is 0 Å². The molecule has 0 aliphatic carbocycles. The molecule has 0 saturated carbocycles. The number of phenolic OH excluding ortho intramolecular Hbond substituents is 1. The van der Waals surface area contributed by atoms with E-state index in [1.54, 1.807) is 12.1 Å². The summed E-state index contributed by atoms with van der Waals surface area (Å²) < 4.78 is 30.6. The number of methoxy groups -OCH3 is 1. The van der Waals surface area contributed by atoms with Gasteiger partial charge in [0.25, 0.3) is 0 Å². The second kappa shape index (κ2) is 7.42. The summed E-state index contributed by atoms with van der Waals surface area (Å²) in [5.41, 5.74) is 0.420. The molecule has 1 N–H and O–H groups in total. The van der Waals surface area contributed by atoms with E-state index < -0.39 is 14.7 Å². The molecule has 0 bridgehead atoms. The van der Waals surface area contributed by atoms with Crippen molar-refractivity contribution >= 4 is 50.1 Å². The van der Waals surface area contributed by atoms with Gasteiger partial charge < -0.3 is 9.84 Å². The number of hydrogen-bond acceptors (Lipinski definition) is 5. The topological polar surface area (TPSA) is 87.4 Å². The fourth-order valence-electron chi connectivity index (χ4n) is 1.89. The van der Waals surface area contributed by atoms with Crippen molar-refractivity contribution in [1.29, 1.82) is 5.26 Å². The normalized spacial score (nSPS) is 11.8. The van der Waals surface area contributed by atoms with Gasteiger partial charge in [-0.1, -0.05) is 11.6 Å². The Bertz CT molecular complexity index is 947. The molecule has 0 atom stereocenters. The van der Waals surface area contributed by atoms with Crippen LogP contribution in [-0.4, -0.2) is 20.6 Å². The van der Waals surface area contributed by atoms with Crippen LogP contribution in [0, 0.1) is 14.9 Å². The Kier molecular flexibility index (Phi) is 5.74. The van der Waals surface area contributed by atoms with Crippen molar-refractivity contribution in [2.45, 2.75) is 4.90 Å². The molecule has 0 aliphatic heterocycles. The molecule has 0 unspecified atom stereocenters. The third-order valence-corrected chi connectivity index (χ3v) is 5.85. The summed E-state index contributed by atoms with van der Waals surface area (Å²) in [7, 11) is -2.59. The van der Waals surface area contributed by atoms with Crippen LogP contribution in [0.1, 0.15) is 5.56 Å². The minimum atomic E-state index is -3.97. The number of halogens is 2. The van der Waals surface area contributed by atoms with Crippen LogP contribution >= 0.6 is 34.2 Å². The van der Waals surface area contributed by atoms with E-state index in [-0.39, 0.29) is 16.4 Å². The van der Waals surface area contributed by atoms with Crippen molar-refractivity contribution in [1.82, 2.24) is 0 Å². The summed E-state index contributed by atoms with van der Waals surface area (Å²) in [6, 6.07) is 10.3. The van der Waals surface area contributed by atoms with E-state index in [4.69, 9.17) is 16.3 Å². The Labute approximate surface area is 158 Å². The van der Waals surface area contributed by atoms with E-state index in [1.807, 2.05) is 22.6 Å². The highest BCUT2D eigenvalue weighted by Gasteiger charge is 2.21. The molecule has 0 aliphatic rings. The largest absolute Gasteiger partial charge is 0.504 e. The average molecular weight is 476 g/mol. The highest BCUT2D eigenvalue weighted by molar-refractivity contribution is 14.1. The second-order valence-corrected chi connectivity index (χ2v) is 8.15. The number of ether oxygens (including phenoxy) is 1. The van der Waals surface area contributed by atoms with Crippen LogP contribution in [0.2, 0.25) is 5.02 Å². The minimum absolute atomic E-state index is 0.0276. The Hall–Kier alpha value is -1.76. The van der Waals surface area contributed by atoms with Crippen LogP contribution in [0.5, 0.6) is 11.5 Å². The van der Waals surface area contributed by atoms with Crippen molar-refractivity contribution in [3.8, 4) is 17.6 Å². The maximum absolute atomic E-state index is 12.6. The number of nitrogens with zero attached hydrogens (tertiary/aromatic N) is 1. The van der Waals surface area contributed by atoms with Gasteiger partial charge in [0.05, 0.1) is 15.6 Å². The molecule has 5 nitrogen and oxygen atoms in total. The fraction of sp³-hybridized carbons (Fsp3) is 0.0625. The summed E-state index contributed by atoms with van der Waals surface area (Å²) in [6.45, 7) is 0. The van der Waals surface area contributed by atoms with Crippen molar-refractivity contribution in [2.24, 2.45) is 0 Å². The number of nitriles is 1. The number of benzene rings is 2. The lowest BCUT2D eigenvalue weighted by Gasteiger charge is -2.08. The Morgan fingerprint density at radius 1 is 1.33 bits per heavy atom. The van der Waals surface area contributed by atoms with Crippen LogP contribution in [0.15, 0.2) is 46.2 Å². The lowest BCUT2D eigenvalue weighted by atomic mass is 10.2. The first-order valence-electron chi connectivity index (χ1n) is 6.48. The Morgan fingerprint density at radius 3 is 2.50 bits per heavy atom. The number of hydrogen-bond donors (Lipinski definition) is 1. The zero-order valence-corrected chi connectivity index (χ0v) is 16.1. The Balaban J connectivity index is 2.56. The van der Waals surface area contributed by atoms with Gasteiger partial charge >= 0.3 is 0 Å². The van der Waals surface area contributed by atoms with Crippen molar-refractivity contribution in [3.63, 3.8) is 0 Å². The number of rotatable bonds is 4. The quantitative estimate of drug-likeness (QED) is 0.533. The van der Waals surface area contributed by atoms with Gasteiger partial charge in [-0.3, -0.25) is 0 Å². The van der Waals surface area contributed by atoms with Crippen LogP contribution in [0.3, 0.4) is 0 Å². The number of aromatic hydroxyl groups is 1. The first kappa shape index (κ1) is 18.6. The average Bonchev–Trinajstić information content (AvgIpc) is 2.55. The molecule has 8 heteroatoms. The predicted octanol–water partition coefficient (Wildman–Crippen LogP) is 4.00. The van der Waals surface area contributed by atoms with Crippen LogP contribution in [0.4, 0.5) is 0 Å². The lowest BCUT2D eigenvalue weighted by Crippen LogP contribution is -2.03. The van der Waals surface area contributed by atoms with Gasteiger partial charge in [-0.05, 0) is 70.6 Å². The standard InChI is InChI=1S/C16H11ClINO4S/c1-23-15-8-10(7-14(18)16(15)20)6-13(9-19)24(21,22)12-4-2-11(17)3-5-12/h2-8,20H,1H3/b13-6-.